The molecular weight excluding hydrogens is 355 g/mol. The number of phenols is 1. The molecule has 5 heteroatoms. The Bertz CT molecular complexity index is 1040. The molecule has 3 aromatic rings. The number of rotatable bonds is 6. The summed E-state index contributed by atoms with van der Waals surface area (Å²) in [6, 6.07) is 13.4. The van der Waals surface area contributed by atoms with Gasteiger partial charge >= 0.3 is 0 Å². The summed E-state index contributed by atoms with van der Waals surface area (Å²) >= 11 is 0. The Kier molecular flexibility index (Phi) is 5.93. The highest BCUT2D eigenvalue weighted by molar-refractivity contribution is 5.64. The van der Waals surface area contributed by atoms with Crippen LogP contribution in [0.4, 0.5) is 4.39 Å². The van der Waals surface area contributed by atoms with E-state index in [2.05, 4.69) is 18.8 Å². The van der Waals surface area contributed by atoms with Crippen LogP contribution in [0.5, 0.6) is 5.75 Å². The highest BCUT2D eigenvalue weighted by Crippen LogP contribution is 2.27. The highest BCUT2D eigenvalue weighted by Gasteiger charge is 2.18. The van der Waals surface area contributed by atoms with Gasteiger partial charge in [-0.15, -0.1) is 0 Å². The van der Waals surface area contributed by atoms with Gasteiger partial charge in [0.1, 0.15) is 17.4 Å². The maximum absolute atomic E-state index is 14.1. The number of phenolic OH excluding ortho intramolecular Hbond substituents is 1. The summed E-state index contributed by atoms with van der Waals surface area (Å²) in [4.78, 5) is 17.9. The van der Waals surface area contributed by atoms with Crippen LogP contribution in [-0.2, 0) is 19.4 Å². The number of halogens is 1. The first-order chi connectivity index (χ1) is 13.4. The molecule has 0 aliphatic carbocycles. The average Bonchev–Trinajstić information content (AvgIpc) is 2.65. The van der Waals surface area contributed by atoms with Crippen LogP contribution in [-0.4, -0.2) is 14.7 Å². The van der Waals surface area contributed by atoms with Crippen molar-refractivity contribution < 1.29 is 9.50 Å². The summed E-state index contributed by atoms with van der Waals surface area (Å²) in [5.41, 5.74) is 2.24. The van der Waals surface area contributed by atoms with Crippen molar-refractivity contribution in [1.29, 1.82) is 0 Å². The van der Waals surface area contributed by atoms with E-state index in [4.69, 9.17) is 0 Å². The zero-order chi connectivity index (χ0) is 20.3. The van der Waals surface area contributed by atoms with E-state index < -0.39 is 0 Å². The molecule has 0 saturated carbocycles. The molecule has 1 N–H and O–H groups in total. The van der Waals surface area contributed by atoms with E-state index in [9.17, 15) is 14.3 Å². The highest BCUT2D eigenvalue weighted by atomic mass is 19.1. The van der Waals surface area contributed by atoms with Crippen molar-refractivity contribution in [1.82, 2.24) is 9.55 Å². The van der Waals surface area contributed by atoms with Crippen LogP contribution < -0.4 is 5.56 Å². The molecule has 3 rings (SSSR count). The number of hydrogen-bond acceptors (Lipinski definition) is 3. The summed E-state index contributed by atoms with van der Waals surface area (Å²) in [7, 11) is 0. The summed E-state index contributed by atoms with van der Waals surface area (Å²) < 4.78 is 15.6. The molecule has 0 unspecified atom stereocenters. The lowest BCUT2D eigenvalue weighted by Crippen LogP contribution is -2.29. The van der Waals surface area contributed by atoms with Crippen LogP contribution >= 0.6 is 0 Å². The standard InChI is InChI=1S/C23H25FN2O2/c1-15(2)14-19-16(3)25-22(18-9-5-7-11-21(18)27)26(23(19)28)13-12-17-8-4-6-10-20(17)24/h4-11,15,27H,12-14H2,1-3H3. The largest absolute Gasteiger partial charge is 0.507 e. The molecule has 0 saturated heterocycles. The third-order valence-corrected chi connectivity index (χ3v) is 4.79. The van der Waals surface area contributed by atoms with E-state index >= 15 is 0 Å². The van der Waals surface area contributed by atoms with Gasteiger partial charge in [-0.25, -0.2) is 9.37 Å². The number of aromatic nitrogens is 2. The summed E-state index contributed by atoms with van der Waals surface area (Å²) in [5, 5.41) is 10.3. The van der Waals surface area contributed by atoms with Gasteiger partial charge in [-0.05, 0) is 49.4 Å². The van der Waals surface area contributed by atoms with Gasteiger partial charge in [0, 0.05) is 17.8 Å². The van der Waals surface area contributed by atoms with E-state index in [1.807, 2.05) is 6.92 Å². The van der Waals surface area contributed by atoms with Crippen molar-refractivity contribution in [3.05, 3.63) is 81.5 Å². The van der Waals surface area contributed by atoms with Gasteiger partial charge in [-0.2, -0.15) is 0 Å². The second kappa shape index (κ2) is 8.38. The van der Waals surface area contributed by atoms with E-state index in [-0.39, 0.29) is 23.7 Å². The topological polar surface area (TPSA) is 55.1 Å². The normalized spacial score (nSPS) is 11.2. The zero-order valence-corrected chi connectivity index (χ0v) is 16.4. The minimum absolute atomic E-state index is 0.0602. The lowest BCUT2D eigenvalue weighted by molar-refractivity contribution is 0.475. The van der Waals surface area contributed by atoms with Crippen molar-refractivity contribution in [3.63, 3.8) is 0 Å². The summed E-state index contributed by atoms with van der Waals surface area (Å²) in [6.07, 6.45) is 0.984. The number of aryl methyl sites for hydroxylation is 2. The number of aromatic hydroxyl groups is 1. The zero-order valence-electron chi connectivity index (χ0n) is 16.4. The Labute approximate surface area is 164 Å². The van der Waals surface area contributed by atoms with E-state index in [0.29, 0.717) is 47.0 Å². The third kappa shape index (κ3) is 4.14. The first-order valence-corrected chi connectivity index (χ1v) is 9.50. The van der Waals surface area contributed by atoms with Gasteiger partial charge in [-0.1, -0.05) is 44.2 Å². The minimum atomic E-state index is -0.290. The monoisotopic (exact) mass is 380 g/mol. The number of nitrogens with zero attached hydrogens (tertiary/aromatic N) is 2. The average molecular weight is 380 g/mol. The molecule has 146 valence electrons. The van der Waals surface area contributed by atoms with Gasteiger partial charge in [0.15, 0.2) is 0 Å². The van der Waals surface area contributed by atoms with Gasteiger partial charge in [-0.3, -0.25) is 9.36 Å². The Morgan fingerprint density at radius 3 is 2.46 bits per heavy atom. The number of benzene rings is 2. The molecule has 28 heavy (non-hydrogen) atoms. The van der Waals surface area contributed by atoms with Crippen LogP contribution in [0, 0.1) is 18.7 Å². The Hall–Kier alpha value is -2.95. The van der Waals surface area contributed by atoms with Crippen molar-refractivity contribution in [2.45, 2.75) is 40.2 Å². The molecule has 0 radical (unpaired) electrons. The maximum Gasteiger partial charge on any atom is 0.257 e. The SMILES string of the molecule is Cc1nc(-c2ccccc2O)n(CCc2ccccc2F)c(=O)c1CC(C)C. The number of hydrogen-bond donors (Lipinski definition) is 1. The second-order valence-electron chi connectivity index (χ2n) is 7.41. The van der Waals surface area contributed by atoms with Gasteiger partial charge in [0.2, 0.25) is 0 Å². The lowest BCUT2D eigenvalue weighted by Gasteiger charge is -2.17. The molecule has 1 heterocycles. The van der Waals surface area contributed by atoms with Gasteiger partial charge in [0.05, 0.1) is 5.56 Å². The molecule has 0 bridgehead atoms. The molecule has 4 nitrogen and oxygen atoms in total. The predicted molar refractivity (Wildman–Crippen MR) is 109 cm³/mol. The Balaban J connectivity index is 2.12. The first-order valence-electron chi connectivity index (χ1n) is 9.50. The van der Waals surface area contributed by atoms with Crippen LogP contribution in [0.2, 0.25) is 0 Å². The van der Waals surface area contributed by atoms with Crippen molar-refractivity contribution in [2.24, 2.45) is 5.92 Å². The smallest absolute Gasteiger partial charge is 0.257 e. The van der Waals surface area contributed by atoms with Crippen LogP contribution in [0.1, 0.15) is 30.7 Å². The maximum atomic E-state index is 14.1. The minimum Gasteiger partial charge on any atom is -0.507 e. The molecule has 0 fully saturated rings. The molecule has 0 spiro atoms. The number of para-hydroxylation sites is 1. The fraction of sp³-hybridized carbons (Fsp3) is 0.304. The van der Waals surface area contributed by atoms with E-state index in [1.165, 1.54) is 6.07 Å². The molecule has 2 aromatic carbocycles. The van der Waals surface area contributed by atoms with E-state index in [1.54, 1.807) is 47.0 Å². The fourth-order valence-electron chi connectivity index (χ4n) is 3.35. The van der Waals surface area contributed by atoms with Crippen LogP contribution in [0.3, 0.4) is 0 Å². The molecule has 0 atom stereocenters. The molecule has 1 aromatic heterocycles. The van der Waals surface area contributed by atoms with Crippen molar-refractivity contribution in [3.8, 4) is 17.1 Å². The van der Waals surface area contributed by atoms with Gasteiger partial charge in [0.25, 0.3) is 5.56 Å². The van der Waals surface area contributed by atoms with Crippen LogP contribution in [0.25, 0.3) is 11.4 Å². The molecule has 0 aliphatic rings. The lowest BCUT2D eigenvalue weighted by atomic mass is 10.0. The summed E-state index contributed by atoms with van der Waals surface area (Å²) in [6.45, 7) is 6.21. The molecule has 0 aliphatic heterocycles. The molecule has 0 amide bonds. The summed E-state index contributed by atoms with van der Waals surface area (Å²) in [5.74, 6) is 0.487. The quantitative estimate of drug-likeness (QED) is 0.685. The fourth-order valence-corrected chi connectivity index (χ4v) is 3.35. The second-order valence-corrected chi connectivity index (χ2v) is 7.41. The molecular formula is C23H25FN2O2. The van der Waals surface area contributed by atoms with Crippen molar-refractivity contribution >= 4 is 0 Å². The predicted octanol–water partition coefficient (Wildman–Crippen LogP) is 4.50. The van der Waals surface area contributed by atoms with Gasteiger partial charge < -0.3 is 5.11 Å². The van der Waals surface area contributed by atoms with Crippen LogP contribution in [0.15, 0.2) is 53.3 Å². The third-order valence-electron chi connectivity index (χ3n) is 4.79. The van der Waals surface area contributed by atoms with Crippen molar-refractivity contribution in [2.75, 3.05) is 0 Å². The first kappa shape index (κ1) is 19.8. The Morgan fingerprint density at radius 2 is 1.79 bits per heavy atom. The Morgan fingerprint density at radius 1 is 1.11 bits per heavy atom. The van der Waals surface area contributed by atoms with E-state index in [0.717, 1.165) is 0 Å².